The number of hydrogen-bond donors (Lipinski definition) is 2. The molecule has 2 N–H and O–H groups in total. The lowest BCUT2D eigenvalue weighted by Gasteiger charge is -2.21. The van der Waals surface area contributed by atoms with E-state index in [4.69, 9.17) is 4.74 Å². The second-order valence-corrected chi connectivity index (χ2v) is 6.95. The summed E-state index contributed by atoms with van der Waals surface area (Å²) in [5.41, 5.74) is -0.329. The van der Waals surface area contributed by atoms with Crippen molar-refractivity contribution < 1.29 is 18.7 Å². The topological polar surface area (TPSA) is 67.4 Å². The van der Waals surface area contributed by atoms with Crippen molar-refractivity contribution in [2.45, 2.75) is 38.8 Å². The fourth-order valence-electron chi connectivity index (χ4n) is 1.86. The summed E-state index contributed by atoms with van der Waals surface area (Å²) in [4.78, 5) is 21.4. The van der Waals surface area contributed by atoms with Gasteiger partial charge < -0.3 is 15.4 Å². The van der Waals surface area contributed by atoms with Crippen LogP contribution < -0.4 is 10.6 Å². The minimum absolute atomic E-state index is 0.0781. The van der Waals surface area contributed by atoms with E-state index in [-0.39, 0.29) is 17.7 Å². The average molecular weight is 389 g/mol. The molecule has 1 aromatic carbocycles. The maximum Gasteiger partial charge on any atom is 0.407 e. The Hall–Kier alpha value is -1.47. The van der Waals surface area contributed by atoms with Crippen molar-refractivity contribution in [1.82, 2.24) is 10.6 Å². The molecule has 0 spiro atoms. The average Bonchev–Trinajstić information content (AvgIpc) is 2.93. The zero-order valence-electron chi connectivity index (χ0n) is 13.5. The smallest absolute Gasteiger partial charge is 0.407 e. The molecule has 0 saturated carbocycles. The summed E-state index contributed by atoms with van der Waals surface area (Å²) in [6, 6.07) is 4.81. The van der Waals surface area contributed by atoms with Crippen LogP contribution in [0.2, 0.25) is 0 Å². The van der Waals surface area contributed by atoms with E-state index < -0.39 is 11.4 Å². The third kappa shape index (κ3) is 7.56. The van der Waals surface area contributed by atoms with Crippen molar-refractivity contribution in [3.05, 3.63) is 34.1 Å². The second-order valence-electron chi connectivity index (χ2n) is 6.10. The molecule has 0 bridgehead atoms. The Morgan fingerprint density at radius 1 is 1.48 bits per heavy atom. The normalized spacial score (nSPS) is 17.0. The number of amides is 1. The molecule has 1 heterocycles. The number of carbonyl (C=O) groups is 2. The first-order valence-electron chi connectivity index (χ1n) is 7.32. The second kappa shape index (κ2) is 8.98. The van der Waals surface area contributed by atoms with E-state index in [0.717, 1.165) is 19.5 Å². The van der Waals surface area contributed by atoms with Crippen molar-refractivity contribution in [2.24, 2.45) is 0 Å². The van der Waals surface area contributed by atoms with Gasteiger partial charge in [0.25, 0.3) is 0 Å². The molecule has 0 unspecified atom stereocenters. The van der Waals surface area contributed by atoms with Gasteiger partial charge in [0.1, 0.15) is 11.4 Å². The van der Waals surface area contributed by atoms with Gasteiger partial charge in [-0.2, -0.15) is 0 Å². The Kier molecular flexibility index (Phi) is 7.64. The van der Waals surface area contributed by atoms with E-state index in [1.165, 1.54) is 6.07 Å². The van der Waals surface area contributed by atoms with Gasteiger partial charge in [-0.1, -0.05) is 6.07 Å². The predicted molar refractivity (Wildman–Crippen MR) is 90.1 cm³/mol. The van der Waals surface area contributed by atoms with Gasteiger partial charge in [0.15, 0.2) is 6.29 Å². The highest BCUT2D eigenvalue weighted by Gasteiger charge is 2.21. The highest BCUT2D eigenvalue weighted by Crippen LogP contribution is 2.16. The lowest BCUT2D eigenvalue weighted by molar-refractivity contribution is 0.0508. The van der Waals surface area contributed by atoms with Crippen LogP contribution in [-0.2, 0) is 4.74 Å². The fourth-order valence-corrected chi connectivity index (χ4v) is 2.25. The van der Waals surface area contributed by atoms with Crippen molar-refractivity contribution >= 4 is 28.3 Å². The molecule has 1 aliphatic heterocycles. The van der Waals surface area contributed by atoms with Crippen molar-refractivity contribution in [1.29, 1.82) is 0 Å². The summed E-state index contributed by atoms with van der Waals surface area (Å²) in [6.07, 6.45) is 1.15. The molecule has 0 aliphatic carbocycles. The van der Waals surface area contributed by atoms with Gasteiger partial charge in [-0.15, -0.1) is 0 Å². The predicted octanol–water partition coefficient (Wildman–Crippen LogP) is 3.27. The van der Waals surface area contributed by atoms with Crippen LogP contribution in [0.25, 0.3) is 0 Å². The maximum atomic E-state index is 12.7. The summed E-state index contributed by atoms with van der Waals surface area (Å²) in [5.74, 6) is -0.502. The molecule has 1 saturated heterocycles. The Labute approximate surface area is 144 Å². The van der Waals surface area contributed by atoms with E-state index in [2.05, 4.69) is 26.6 Å². The Morgan fingerprint density at radius 3 is 2.65 bits per heavy atom. The number of carbonyl (C=O) groups excluding carboxylic acids is 2. The van der Waals surface area contributed by atoms with E-state index in [0.29, 0.717) is 10.8 Å². The first-order chi connectivity index (χ1) is 10.7. The lowest BCUT2D eigenvalue weighted by Crippen LogP contribution is -2.40. The van der Waals surface area contributed by atoms with E-state index in [9.17, 15) is 14.0 Å². The first kappa shape index (κ1) is 19.6. The lowest BCUT2D eigenvalue weighted by atomic mass is 10.2. The molecular weight excluding hydrogens is 367 g/mol. The molecule has 128 valence electrons. The molecule has 1 atom stereocenters. The number of nitrogens with one attached hydrogen (secondary N) is 2. The van der Waals surface area contributed by atoms with Crippen LogP contribution in [0.1, 0.15) is 37.6 Å². The fraction of sp³-hybridized carbons (Fsp3) is 0.500. The molecule has 7 heteroatoms. The number of ether oxygens (including phenoxy) is 1. The number of rotatable bonds is 2. The number of aldehydes is 1. The van der Waals surface area contributed by atoms with Gasteiger partial charge in [0.05, 0.1) is 10.0 Å². The zero-order valence-corrected chi connectivity index (χ0v) is 15.1. The molecule has 1 aliphatic rings. The molecule has 23 heavy (non-hydrogen) atoms. The largest absolute Gasteiger partial charge is 0.444 e. The van der Waals surface area contributed by atoms with Gasteiger partial charge in [-0.3, -0.25) is 4.79 Å². The Balaban J connectivity index is 0.000000238. The molecular formula is C16H22BrFN2O3. The SMILES string of the molecule is CC(C)(C)OC(=O)N[C@H]1CCNC1.O=Cc1cccc(Br)c1F. The number of alkyl carbamates (subject to hydrolysis) is 1. The monoisotopic (exact) mass is 388 g/mol. The number of hydrogen-bond acceptors (Lipinski definition) is 4. The van der Waals surface area contributed by atoms with Crippen LogP contribution >= 0.6 is 15.9 Å². The van der Waals surface area contributed by atoms with Gasteiger partial charge >= 0.3 is 6.09 Å². The summed E-state index contributed by atoms with van der Waals surface area (Å²) in [7, 11) is 0. The summed E-state index contributed by atoms with van der Waals surface area (Å²) in [6.45, 7) is 7.40. The maximum absolute atomic E-state index is 12.7. The third-order valence-corrected chi connectivity index (χ3v) is 3.50. The zero-order chi connectivity index (χ0) is 17.5. The van der Waals surface area contributed by atoms with Gasteiger partial charge in [0.2, 0.25) is 0 Å². The Bertz CT molecular complexity index is 541. The summed E-state index contributed by atoms with van der Waals surface area (Å²) >= 11 is 2.95. The van der Waals surface area contributed by atoms with Crippen molar-refractivity contribution in [3.8, 4) is 0 Å². The van der Waals surface area contributed by atoms with Crippen LogP contribution in [0.4, 0.5) is 9.18 Å². The van der Waals surface area contributed by atoms with Gasteiger partial charge in [0, 0.05) is 12.6 Å². The van der Waals surface area contributed by atoms with E-state index in [1.807, 2.05) is 20.8 Å². The molecule has 5 nitrogen and oxygen atoms in total. The molecule has 1 amide bonds. The summed E-state index contributed by atoms with van der Waals surface area (Å²) < 4.78 is 18.2. The molecule has 2 rings (SSSR count). The van der Waals surface area contributed by atoms with Crippen LogP contribution in [-0.4, -0.2) is 37.1 Å². The number of benzene rings is 1. The minimum Gasteiger partial charge on any atom is -0.444 e. The highest BCUT2D eigenvalue weighted by atomic mass is 79.9. The Morgan fingerprint density at radius 2 is 2.17 bits per heavy atom. The molecule has 1 aromatic rings. The van der Waals surface area contributed by atoms with Crippen LogP contribution in [0.5, 0.6) is 0 Å². The van der Waals surface area contributed by atoms with E-state index >= 15 is 0 Å². The van der Waals surface area contributed by atoms with Crippen LogP contribution in [0, 0.1) is 5.82 Å². The first-order valence-corrected chi connectivity index (χ1v) is 8.11. The van der Waals surface area contributed by atoms with E-state index in [1.54, 1.807) is 12.1 Å². The van der Waals surface area contributed by atoms with Gasteiger partial charge in [-0.25, -0.2) is 9.18 Å². The van der Waals surface area contributed by atoms with Crippen molar-refractivity contribution in [2.75, 3.05) is 13.1 Å². The molecule has 1 fully saturated rings. The van der Waals surface area contributed by atoms with Crippen LogP contribution in [0.15, 0.2) is 22.7 Å². The highest BCUT2D eigenvalue weighted by molar-refractivity contribution is 9.10. The standard InChI is InChI=1S/C9H18N2O2.C7H4BrFO/c1-9(2,3)13-8(12)11-7-4-5-10-6-7;8-6-3-1-2-5(4-10)7(6)9/h7,10H,4-6H2,1-3H3,(H,11,12);1-4H/t7-;/m0./s1. The molecule has 0 aromatic heterocycles. The molecule has 0 radical (unpaired) electrons. The van der Waals surface area contributed by atoms with Crippen molar-refractivity contribution in [3.63, 3.8) is 0 Å². The summed E-state index contributed by atoms with van der Waals surface area (Å²) in [5, 5.41) is 5.98. The third-order valence-electron chi connectivity index (χ3n) is 2.89. The number of halogens is 2. The van der Waals surface area contributed by atoms with Gasteiger partial charge in [-0.05, 0) is 61.8 Å². The van der Waals surface area contributed by atoms with Crippen LogP contribution in [0.3, 0.4) is 0 Å². The quantitative estimate of drug-likeness (QED) is 0.762. The minimum atomic E-state index is -0.502.